The number of aromatic nitrogens is 1. The number of aryl methyl sites for hydroxylation is 2. The van der Waals surface area contributed by atoms with Gasteiger partial charge in [-0.25, -0.2) is 4.98 Å². The first-order chi connectivity index (χ1) is 11.1. The van der Waals surface area contributed by atoms with Crippen LogP contribution in [0.25, 0.3) is 10.4 Å². The molecule has 23 heavy (non-hydrogen) atoms. The topological polar surface area (TPSA) is 42.0 Å². The van der Waals surface area contributed by atoms with Gasteiger partial charge in [-0.2, -0.15) is 0 Å². The Morgan fingerprint density at radius 3 is 2.43 bits per heavy atom. The van der Waals surface area contributed by atoms with Gasteiger partial charge in [0, 0.05) is 0 Å². The van der Waals surface area contributed by atoms with Crippen LogP contribution in [-0.2, 0) is 11.2 Å². The maximum atomic E-state index is 12.2. The predicted molar refractivity (Wildman–Crippen MR) is 95.8 cm³/mol. The maximum absolute atomic E-state index is 12.2. The number of hydrogen-bond acceptors (Lipinski definition) is 3. The first-order valence-corrected chi connectivity index (χ1v) is 8.32. The molecular weight excluding hydrogens is 304 g/mol. The normalized spacial score (nSPS) is 10.5. The van der Waals surface area contributed by atoms with Crippen LogP contribution in [0.15, 0.2) is 54.6 Å². The van der Waals surface area contributed by atoms with Crippen LogP contribution in [0.2, 0.25) is 0 Å². The summed E-state index contributed by atoms with van der Waals surface area (Å²) < 4.78 is 0. The number of carbonyl (C=O) groups is 1. The van der Waals surface area contributed by atoms with Crippen molar-refractivity contribution in [3.63, 3.8) is 0 Å². The van der Waals surface area contributed by atoms with Crippen LogP contribution in [-0.4, -0.2) is 10.9 Å². The molecule has 0 aliphatic rings. The van der Waals surface area contributed by atoms with Crippen LogP contribution in [0.5, 0.6) is 0 Å². The second kappa shape index (κ2) is 6.75. The van der Waals surface area contributed by atoms with E-state index in [1.165, 1.54) is 16.9 Å². The van der Waals surface area contributed by atoms with Crippen LogP contribution >= 0.6 is 11.3 Å². The van der Waals surface area contributed by atoms with Gasteiger partial charge in [0.05, 0.1) is 17.0 Å². The molecule has 1 heterocycles. The summed E-state index contributed by atoms with van der Waals surface area (Å²) in [6, 6.07) is 18.1. The standard InChI is InChI=1S/C19H18N2OS/c1-13-8-10-15(11-9-13)12-17(22)21-19-20-14(2)18(23-19)16-6-4-3-5-7-16/h3-11H,12H2,1-2H3,(H,20,21,22). The molecule has 3 aromatic rings. The predicted octanol–water partition coefficient (Wildman–Crippen LogP) is 4.61. The highest BCUT2D eigenvalue weighted by atomic mass is 32.1. The van der Waals surface area contributed by atoms with Crippen molar-refractivity contribution in [3.8, 4) is 10.4 Å². The summed E-state index contributed by atoms with van der Waals surface area (Å²) in [7, 11) is 0. The van der Waals surface area contributed by atoms with Crippen molar-refractivity contribution < 1.29 is 4.79 Å². The molecular formula is C19H18N2OS. The van der Waals surface area contributed by atoms with Gasteiger partial charge in [0.1, 0.15) is 0 Å². The van der Waals surface area contributed by atoms with Crippen LogP contribution in [0.1, 0.15) is 16.8 Å². The van der Waals surface area contributed by atoms with Crippen molar-refractivity contribution in [1.29, 1.82) is 0 Å². The van der Waals surface area contributed by atoms with Crippen LogP contribution in [0.3, 0.4) is 0 Å². The number of rotatable bonds is 4. The lowest BCUT2D eigenvalue weighted by atomic mass is 10.1. The van der Waals surface area contributed by atoms with Crippen LogP contribution < -0.4 is 5.32 Å². The third-order valence-electron chi connectivity index (χ3n) is 3.56. The first-order valence-electron chi connectivity index (χ1n) is 7.50. The Morgan fingerprint density at radius 1 is 1.04 bits per heavy atom. The molecule has 1 N–H and O–H groups in total. The highest BCUT2D eigenvalue weighted by Crippen LogP contribution is 2.32. The molecule has 0 saturated carbocycles. The number of nitrogens with zero attached hydrogens (tertiary/aromatic N) is 1. The summed E-state index contributed by atoms with van der Waals surface area (Å²) >= 11 is 1.51. The van der Waals surface area contributed by atoms with E-state index in [2.05, 4.69) is 22.4 Å². The molecule has 0 aliphatic carbocycles. The molecule has 0 aliphatic heterocycles. The zero-order valence-electron chi connectivity index (χ0n) is 13.2. The number of thiazole rings is 1. The second-order valence-electron chi connectivity index (χ2n) is 5.51. The molecule has 3 rings (SSSR count). The molecule has 0 spiro atoms. The first kappa shape index (κ1) is 15.4. The molecule has 0 saturated heterocycles. The van der Waals surface area contributed by atoms with E-state index in [9.17, 15) is 4.79 Å². The van der Waals surface area contributed by atoms with E-state index in [0.717, 1.165) is 21.7 Å². The van der Waals surface area contributed by atoms with Gasteiger partial charge in [-0.15, -0.1) is 0 Å². The van der Waals surface area contributed by atoms with E-state index in [1.54, 1.807) is 0 Å². The average Bonchev–Trinajstić information content (AvgIpc) is 2.91. The second-order valence-corrected chi connectivity index (χ2v) is 6.51. The third-order valence-corrected chi connectivity index (χ3v) is 4.69. The lowest BCUT2D eigenvalue weighted by Gasteiger charge is -2.02. The van der Waals surface area contributed by atoms with Gasteiger partial charge in [0.2, 0.25) is 5.91 Å². The Hall–Kier alpha value is -2.46. The van der Waals surface area contributed by atoms with E-state index >= 15 is 0 Å². The summed E-state index contributed by atoms with van der Waals surface area (Å²) in [5.41, 5.74) is 4.26. The highest BCUT2D eigenvalue weighted by Gasteiger charge is 2.12. The Bertz CT molecular complexity index is 807. The van der Waals surface area contributed by atoms with Crippen molar-refractivity contribution >= 4 is 22.4 Å². The fraction of sp³-hybridized carbons (Fsp3) is 0.158. The fourth-order valence-corrected chi connectivity index (χ4v) is 3.35. The van der Waals surface area contributed by atoms with Gasteiger partial charge in [0.15, 0.2) is 5.13 Å². The Balaban J connectivity index is 1.71. The number of hydrogen-bond donors (Lipinski definition) is 1. The van der Waals surface area contributed by atoms with Gasteiger partial charge in [-0.3, -0.25) is 4.79 Å². The minimum Gasteiger partial charge on any atom is -0.302 e. The monoisotopic (exact) mass is 322 g/mol. The SMILES string of the molecule is Cc1ccc(CC(=O)Nc2nc(C)c(-c3ccccc3)s2)cc1. The van der Waals surface area contributed by atoms with Crippen molar-refractivity contribution in [2.24, 2.45) is 0 Å². The number of nitrogens with one attached hydrogen (secondary N) is 1. The smallest absolute Gasteiger partial charge is 0.230 e. The van der Waals surface area contributed by atoms with Gasteiger partial charge in [-0.05, 0) is 25.0 Å². The largest absolute Gasteiger partial charge is 0.302 e. The quantitative estimate of drug-likeness (QED) is 0.762. The third kappa shape index (κ3) is 3.85. The van der Waals surface area contributed by atoms with E-state index in [1.807, 2.05) is 56.3 Å². The highest BCUT2D eigenvalue weighted by molar-refractivity contribution is 7.19. The van der Waals surface area contributed by atoms with E-state index < -0.39 is 0 Å². The number of anilines is 1. The lowest BCUT2D eigenvalue weighted by Crippen LogP contribution is -2.14. The number of carbonyl (C=O) groups excluding carboxylic acids is 1. The Kier molecular flexibility index (Phi) is 4.53. The molecule has 0 fully saturated rings. The van der Waals surface area contributed by atoms with E-state index in [-0.39, 0.29) is 5.91 Å². The summed E-state index contributed by atoms with van der Waals surface area (Å²) in [6.45, 7) is 4.00. The summed E-state index contributed by atoms with van der Waals surface area (Å²) in [6.07, 6.45) is 0.361. The molecule has 0 unspecified atom stereocenters. The number of amides is 1. The maximum Gasteiger partial charge on any atom is 0.230 e. The minimum absolute atomic E-state index is 0.0396. The molecule has 0 bridgehead atoms. The lowest BCUT2D eigenvalue weighted by molar-refractivity contribution is -0.115. The molecule has 1 amide bonds. The van der Waals surface area contributed by atoms with Gasteiger partial charge in [-0.1, -0.05) is 71.5 Å². The fourth-order valence-electron chi connectivity index (χ4n) is 2.36. The zero-order chi connectivity index (χ0) is 16.2. The molecule has 1 aromatic heterocycles. The average molecular weight is 322 g/mol. The Labute approximate surface area is 140 Å². The number of benzene rings is 2. The summed E-state index contributed by atoms with van der Waals surface area (Å²) in [5, 5.41) is 3.56. The van der Waals surface area contributed by atoms with Crippen molar-refractivity contribution in [3.05, 3.63) is 71.4 Å². The van der Waals surface area contributed by atoms with Crippen molar-refractivity contribution in [1.82, 2.24) is 4.98 Å². The van der Waals surface area contributed by atoms with E-state index in [4.69, 9.17) is 0 Å². The molecule has 0 radical (unpaired) electrons. The molecule has 116 valence electrons. The van der Waals surface area contributed by atoms with E-state index in [0.29, 0.717) is 11.6 Å². The van der Waals surface area contributed by atoms with Gasteiger partial charge >= 0.3 is 0 Å². The van der Waals surface area contributed by atoms with Crippen LogP contribution in [0, 0.1) is 13.8 Å². The molecule has 0 atom stereocenters. The summed E-state index contributed by atoms with van der Waals surface area (Å²) in [4.78, 5) is 17.7. The zero-order valence-corrected chi connectivity index (χ0v) is 14.0. The van der Waals surface area contributed by atoms with Gasteiger partial charge in [0.25, 0.3) is 0 Å². The van der Waals surface area contributed by atoms with Crippen molar-refractivity contribution in [2.45, 2.75) is 20.3 Å². The molecule has 4 heteroatoms. The molecule has 3 nitrogen and oxygen atoms in total. The Morgan fingerprint density at radius 2 is 1.74 bits per heavy atom. The molecule has 2 aromatic carbocycles. The minimum atomic E-state index is -0.0396. The van der Waals surface area contributed by atoms with Gasteiger partial charge < -0.3 is 5.32 Å². The summed E-state index contributed by atoms with van der Waals surface area (Å²) in [5.74, 6) is -0.0396. The van der Waals surface area contributed by atoms with Crippen molar-refractivity contribution in [2.75, 3.05) is 5.32 Å². The van der Waals surface area contributed by atoms with Crippen LogP contribution in [0.4, 0.5) is 5.13 Å².